The molecule has 0 aliphatic heterocycles. The number of rotatable bonds is 2. The van der Waals surface area contributed by atoms with Crippen LogP contribution in [0.1, 0.15) is 10.4 Å². The predicted octanol–water partition coefficient (Wildman–Crippen LogP) is 3.86. The summed E-state index contributed by atoms with van der Waals surface area (Å²) in [5.74, 6) is 0.510. The Kier molecular flexibility index (Phi) is 2.54. The molecule has 2 aromatic carbocycles. The van der Waals surface area contributed by atoms with Crippen molar-refractivity contribution in [2.45, 2.75) is 0 Å². The highest BCUT2D eigenvalue weighted by Crippen LogP contribution is 2.31. The average Bonchev–Trinajstić information content (AvgIpc) is 2.91. The molecule has 0 unspecified atom stereocenters. The molecule has 0 N–H and O–H groups in total. The molecule has 4 rings (SSSR count). The highest BCUT2D eigenvalue weighted by Gasteiger charge is 2.18. The van der Waals surface area contributed by atoms with Crippen molar-refractivity contribution < 1.29 is 9.21 Å². The number of benzene rings is 2. The number of hydrogen-bond acceptors (Lipinski definition) is 4. The van der Waals surface area contributed by atoms with Crippen molar-refractivity contribution in [1.29, 1.82) is 0 Å². The molecular formula is C17H10N2O2. The molecule has 0 saturated heterocycles. The van der Waals surface area contributed by atoms with E-state index in [2.05, 4.69) is 9.97 Å². The summed E-state index contributed by atoms with van der Waals surface area (Å²) in [5, 5.41) is 0. The molecule has 0 fully saturated rings. The van der Waals surface area contributed by atoms with Gasteiger partial charge >= 0.3 is 0 Å². The van der Waals surface area contributed by atoms with E-state index < -0.39 is 0 Å². The fraction of sp³-hybridized carbons (Fsp3) is 0. The van der Waals surface area contributed by atoms with Gasteiger partial charge in [0.05, 0.1) is 16.6 Å². The van der Waals surface area contributed by atoms with Crippen molar-refractivity contribution in [2.24, 2.45) is 0 Å². The third kappa shape index (κ3) is 1.80. The lowest BCUT2D eigenvalue weighted by Crippen LogP contribution is -1.87. The quantitative estimate of drug-likeness (QED) is 0.521. The molecule has 0 bridgehead atoms. The second-order valence-corrected chi connectivity index (χ2v) is 4.69. The molecular weight excluding hydrogens is 264 g/mol. The van der Waals surface area contributed by atoms with E-state index in [0.29, 0.717) is 22.6 Å². The minimum atomic E-state index is 0.384. The smallest absolute Gasteiger partial charge is 0.247 e. The third-order valence-corrected chi connectivity index (χ3v) is 3.39. The van der Waals surface area contributed by atoms with Crippen molar-refractivity contribution in [3.05, 3.63) is 60.2 Å². The number of aldehydes is 1. The molecule has 0 aliphatic rings. The highest BCUT2D eigenvalue weighted by molar-refractivity contribution is 6.01. The van der Waals surface area contributed by atoms with Gasteiger partial charge in [-0.25, -0.2) is 9.97 Å². The van der Waals surface area contributed by atoms with E-state index in [1.54, 1.807) is 0 Å². The van der Waals surface area contributed by atoms with Crippen LogP contribution in [0.4, 0.5) is 0 Å². The molecule has 0 amide bonds. The zero-order valence-corrected chi connectivity index (χ0v) is 11.0. The maximum Gasteiger partial charge on any atom is 0.247 e. The lowest BCUT2D eigenvalue weighted by Gasteiger charge is -1.95. The summed E-state index contributed by atoms with van der Waals surface area (Å²) >= 11 is 0. The van der Waals surface area contributed by atoms with Gasteiger partial charge in [-0.15, -0.1) is 0 Å². The van der Waals surface area contributed by atoms with Crippen LogP contribution in [0.15, 0.2) is 59.0 Å². The Labute approximate surface area is 120 Å². The minimum absolute atomic E-state index is 0.384. The van der Waals surface area contributed by atoms with E-state index in [9.17, 15) is 4.79 Å². The van der Waals surface area contributed by atoms with Gasteiger partial charge in [-0.3, -0.25) is 4.79 Å². The Hall–Kier alpha value is -3.01. The lowest BCUT2D eigenvalue weighted by atomic mass is 10.1. The molecule has 4 nitrogen and oxygen atoms in total. The summed E-state index contributed by atoms with van der Waals surface area (Å²) in [7, 11) is 0. The number of carbonyl (C=O) groups excluding carboxylic acids is 1. The van der Waals surface area contributed by atoms with Gasteiger partial charge in [-0.1, -0.05) is 42.5 Å². The Morgan fingerprint density at radius 2 is 1.52 bits per heavy atom. The number of nitrogens with zero attached hydrogens (tertiary/aromatic N) is 2. The minimum Gasteiger partial charge on any atom is -0.435 e. The molecule has 0 saturated carbocycles. The Morgan fingerprint density at radius 3 is 2.24 bits per heavy atom. The van der Waals surface area contributed by atoms with E-state index in [0.717, 1.165) is 22.9 Å². The summed E-state index contributed by atoms with van der Waals surface area (Å²) in [6.07, 6.45) is 0.775. The van der Waals surface area contributed by atoms with Crippen molar-refractivity contribution in [3.8, 4) is 11.3 Å². The van der Waals surface area contributed by atoms with Crippen LogP contribution in [0, 0.1) is 0 Å². The zero-order chi connectivity index (χ0) is 14.2. The number of carbonyl (C=O) groups is 1. The topological polar surface area (TPSA) is 56.0 Å². The first-order chi connectivity index (χ1) is 10.4. The van der Waals surface area contributed by atoms with Crippen molar-refractivity contribution in [3.63, 3.8) is 0 Å². The van der Waals surface area contributed by atoms with Crippen LogP contribution in [-0.2, 0) is 0 Å². The zero-order valence-electron chi connectivity index (χ0n) is 11.0. The lowest BCUT2D eigenvalue weighted by molar-refractivity contribution is 0.112. The van der Waals surface area contributed by atoms with Crippen LogP contribution in [0.5, 0.6) is 0 Å². The summed E-state index contributed by atoms with van der Waals surface area (Å²) in [6.45, 7) is 0. The van der Waals surface area contributed by atoms with Gasteiger partial charge in [-0.2, -0.15) is 0 Å². The summed E-state index contributed by atoms with van der Waals surface area (Å²) in [6, 6.07) is 17.0. The fourth-order valence-electron chi connectivity index (χ4n) is 2.40. The first kappa shape index (κ1) is 11.8. The van der Waals surface area contributed by atoms with Crippen molar-refractivity contribution >= 4 is 28.5 Å². The first-order valence-corrected chi connectivity index (χ1v) is 6.57. The maximum absolute atomic E-state index is 11.5. The largest absolute Gasteiger partial charge is 0.435 e. The summed E-state index contributed by atoms with van der Waals surface area (Å²) in [5.41, 5.74) is 3.65. The molecule has 100 valence electrons. The Bertz CT molecular complexity index is 959. The molecule has 4 aromatic rings. The van der Waals surface area contributed by atoms with Crippen molar-refractivity contribution in [1.82, 2.24) is 9.97 Å². The van der Waals surface area contributed by atoms with Gasteiger partial charge in [0, 0.05) is 5.56 Å². The van der Waals surface area contributed by atoms with Crippen LogP contribution in [0.3, 0.4) is 0 Å². The van der Waals surface area contributed by atoms with Crippen LogP contribution in [0.2, 0.25) is 0 Å². The predicted molar refractivity (Wildman–Crippen MR) is 80.1 cm³/mol. The number of hydrogen-bond donors (Lipinski definition) is 0. The van der Waals surface area contributed by atoms with Crippen LogP contribution >= 0.6 is 0 Å². The standard InChI is InChI=1S/C17H10N2O2/c20-10-12-15-17(19-14-9-5-4-8-13(14)18-15)21-16(12)11-6-2-1-3-7-11/h1-10H. The summed E-state index contributed by atoms with van der Waals surface area (Å²) in [4.78, 5) is 20.4. The second kappa shape index (κ2) is 4.52. The SMILES string of the molecule is O=Cc1c(-c2ccccc2)oc2nc3ccccc3nc12. The Morgan fingerprint density at radius 1 is 0.857 bits per heavy atom. The van der Waals surface area contributed by atoms with Crippen LogP contribution in [-0.4, -0.2) is 16.3 Å². The molecule has 0 spiro atoms. The highest BCUT2D eigenvalue weighted by atomic mass is 16.3. The molecule has 2 heterocycles. The number of furan rings is 1. The fourth-order valence-corrected chi connectivity index (χ4v) is 2.40. The van der Waals surface area contributed by atoms with Crippen LogP contribution < -0.4 is 0 Å². The van der Waals surface area contributed by atoms with Crippen LogP contribution in [0.25, 0.3) is 33.6 Å². The number of para-hydroxylation sites is 2. The van der Waals surface area contributed by atoms with Gasteiger partial charge in [0.25, 0.3) is 0 Å². The Balaban J connectivity index is 2.09. The van der Waals surface area contributed by atoms with E-state index in [4.69, 9.17) is 4.42 Å². The van der Waals surface area contributed by atoms with E-state index in [1.165, 1.54) is 0 Å². The molecule has 4 heteroatoms. The van der Waals surface area contributed by atoms with Gasteiger partial charge in [0.15, 0.2) is 6.29 Å². The molecule has 0 atom stereocenters. The normalized spacial score (nSPS) is 11.0. The molecule has 0 aliphatic carbocycles. The number of fused-ring (bicyclic) bond motifs is 2. The first-order valence-electron chi connectivity index (χ1n) is 6.57. The molecule has 0 radical (unpaired) electrons. The second-order valence-electron chi connectivity index (χ2n) is 4.69. The monoisotopic (exact) mass is 274 g/mol. The average molecular weight is 274 g/mol. The number of aromatic nitrogens is 2. The van der Waals surface area contributed by atoms with Gasteiger partial charge in [-0.05, 0) is 12.1 Å². The van der Waals surface area contributed by atoms with Crippen molar-refractivity contribution in [2.75, 3.05) is 0 Å². The van der Waals surface area contributed by atoms with E-state index in [1.807, 2.05) is 54.6 Å². The van der Waals surface area contributed by atoms with E-state index in [-0.39, 0.29) is 0 Å². The van der Waals surface area contributed by atoms with E-state index >= 15 is 0 Å². The third-order valence-electron chi connectivity index (χ3n) is 3.39. The van der Waals surface area contributed by atoms with Gasteiger partial charge < -0.3 is 4.42 Å². The molecule has 2 aromatic heterocycles. The van der Waals surface area contributed by atoms with Gasteiger partial charge in [0.1, 0.15) is 11.3 Å². The summed E-state index contributed by atoms with van der Waals surface area (Å²) < 4.78 is 5.78. The molecule has 21 heavy (non-hydrogen) atoms. The van der Waals surface area contributed by atoms with Gasteiger partial charge in [0.2, 0.25) is 5.71 Å². The maximum atomic E-state index is 11.5.